The van der Waals surface area contributed by atoms with Crippen molar-refractivity contribution in [2.75, 3.05) is 18.4 Å². The average molecular weight is 395 g/mol. The molecule has 0 saturated heterocycles. The number of unbranched alkanes of at least 4 members (excludes halogenated alkanes) is 2. The number of nitrogens with one attached hydrogen (secondary N) is 2. The molecule has 27 heavy (non-hydrogen) atoms. The Kier molecular flexibility index (Phi) is 8.31. The molecule has 0 aromatic heterocycles. The largest absolute Gasteiger partial charge is 0.478 e. The molecule has 3 N–H and O–H groups in total. The molecule has 1 aliphatic rings. The topological polar surface area (TPSA) is 95.5 Å². The van der Waals surface area contributed by atoms with E-state index in [9.17, 15) is 18.3 Å². The van der Waals surface area contributed by atoms with Crippen molar-refractivity contribution >= 4 is 21.7 Å². The molecule has 0 radical (unpaired) electrons. The van der Waals surface area contributed by atoms with Crippen LogP contribution >= 0.6 is 0 Å². The van der Waals surface area contributed by atoms with Gasteiger partial charge in [-0.15, -0.1) is 0 Å². The fourth-order valence-corrected chi connectivity index (χ4v) is 4.45. The Balaban J connectivity index is 2.12. The minimum absolute atomic E-state index is 0.00322. The van der Waals surface area contributed by atoms with E-state index in [1.54, 1.807) is 6.07 Å². The zero-order valence-corrected chi connectivity index (χ0v) is 16.8. The molecule has 0 aliphatic heterocycles. The van der Waals surface area contributed by atoms with Crippen molar-refractivity contribution in [3.05, 3.63) is 35.4 Å². The smallest absolute Gasteiger partial charge is 0.335 e. The second-order valence-corrected chi connectivity index (χ2v) is 8.64. The van der Waals surface area contributed by atoms with Crippen LogP contribution in [-0.2, 0) is 10.0 Å². The molecule has 0 bridgehead atoms. The lowest BCUT2D eigenvalue weighted by Crippen LogP contribution is -2.26. The van der Waals surface area contributed by atoms with Crippen molar-refractivity contribution in [1.29, 1.82) is 0 Å². The second kappa shape index (κ2) is 10.5. The molecular formula is C20H30N2O4S. The van der Waals surface area contributed by atoms with E-state index >= 15 is 0 Å². The Labute approximate surface area is 162 Å². The molecule has 1 aromatic rings. The predicted octanol–water partition coefficient (Wildman–Crippen LogP) is 4.16. The molecule has 0 saturated carbocycles. The van der Waals surface area contributed by atoms with Crippen molar-refractivity contribution in [2.24, 2.45) is 0 Å². The van der Waals surface area contributed by atoms with E-state index in [4.69, 9.17) is 0 Å². The van der Waals surface area contributed by atoms with Crippen molar-refractivity contribution in [1.82, 2.24) is 4.72 Å². The Morgan fingerprint density at radius 1 is 1.19 bits per heavy atom. The molecule has 1 aromatic carbocycles. The third kappa shape index (κ3) is 6.66. The van der Waals surface area contributed by atoms with Crippen LogP contribution in [0.15, 0.2) is 34.7 Å². The maximum absolute atomic E-state index is 12.7. The Bertz CT molecular complexity index is 772. The summed E-state index contributed by atoms with van der Waals surface area (Å²) in [5.74, 6) is -1.14. The minimum Gasteiger partial charge on any atom is -0.478 e. The van der Waals surface area contributed by atoms with Crippen LogP contribution in [0.1, 0.15) is 68.6 Å². The normalized spacial score (nSPS) is 14.6. The van der Waals surface area contributed by atoms with Crippen LogP contribution in [-0.4, -0.2) is 32.6 Å². The third-order valence-electron chi connectivity index (χ3n) is 4.74. The van der Waals surface area contributed by atoms with E-state index in [1.807, 2.05) is 0 Å². The number of carboxylic acids is 1. The van der Waals surface area contributed by atoms with Crippen molar-refractivity contribution < 1.29 is 18.3 Å². The molecule has 0 atom stereocenters. The highest BCUT2D eigenvalue weighted by Gasteiger charge is 2.20. The monoisotopic (exact) mass is 394 g/mol. The van der Waals surface area contributed by atoms with Crippen LogP contribution in [0, 0.1) is 0 Å². The number of anilines is 1. The SMILES string of the molecule is CCCCCNS(=O)(=O)c1cc(C(=O)O)ccc1NCCC1=CCCCC1. The van der Waals surface area contributed by atoms with Gasteiger partial charge in [-0.3, -0.25) is 0 Å². The number of hydrogen-bond donors (Lipinski definition) is 3. The van der Waals surface area contributed by atoms with Crippen LogP contribution in [0.4, 0.5) is 5.69 Å². The van der Waals surface area contributed by atoms with Crippen molar-refractivity contribution in [3.63, 3.8) is 0 Å². The summed E-state index contributed by atoms with van der Waals surface area (Å²) in [6, 6.07) is 4.20. The van der Waals surface area contributed by atoms with Gasteiger partial charge in [-0.2, -0.15) is 0 Å². The number of sulfonamides is 1. The van der Waals surface area contributed by atoms with Gasteiger partial charge in [0.1, 0.15) is 4.90 Å². The maximum Gasteiger partial charge on any atom is 0.335 e. The van der Waals surface area contributed by atoms with Crippen molar-refractivity contribution in [3.8, 4) is 0 Å². The van der Waals surface area contributed by atoms with Crippen LogP contribution in [0.2, 0.25) is 0 Å². The van der Waals surface area contributed by atoms with E-state index in [2.05, 4.69) is 23.0 Å². The molecule has 0 fully saturated rings. The number of rotatable bonds is 11. The van der Waals surface area contributed by atoms with Gasteiger partial charge >= 0.3 is 5.97 Å². The molecule has 1 aliphatic carbocycles. The van der Waals surface area contributed by atoms with E-state index in [-0.39, 0.29) is 10.5 Å². The third-order valence-corrected chi connectivity index (χ3v) is 6.24. The number of allylic oxidation sites excluding steroid dienone is 1. The fourth-order valence-electron chi connectivity index (χ4n) is 3.17. The lowest BCUT2D eigenvalue weighted by molar-refractivity contribution is 0.0696. The van der Waals surface area contributed by atoms with E-state index in [0.29, 0.717) is 18.8 Å². The molecule has 6 nitrogen and oxygen atoms in total. The van der Waals surface area contributed by atoms with Gasteiger partial charge in [-0.25, -0.2) is 17.9 Å². The van der Waals surface area contributed by atoms with Gasteiger partial charge in [0.05, 0.1) is 11.3 Å². The first-order valence-corrected chi connectivity index (χ1v) is 11.2. The predicted molar refractivity (Wildman–Crippen MR) is 108 cm³/mol. The first-order valence-electron chi connectivity index (χ1n) is 9.73. The van der Waals surface area contributed by atoms with Crippen LogP contribution in [0.3, 0.4) is 0 Å². The quantitative estimate of drug-likeness (QED) is 0.387. The number of carbonyl (C=O) groups is 1. The van der Waals surface area contributed by atoms with Gasteiger partial charge in [0.2, 0.25) is 10.0 Å². The maximum atomic E-state index is 12.7. The standard InChI is InChI=1S/C20H30N2O4S/c1-2-3-7-13-22-27(25,26)19-15-17(20(23)24)10-11-18(19)21-14-12-16-8-5-4-6-9-16/h8,10-11,15,21-22H,2-7,9,12-14H2,1H3,(H,23,24). The highest BCUT2D eigenvalue weighted by atomic mass is 32.2. The summed E-state index contributed by atoms with van der Waals surface area (Å²) >= 11 is 0. The minimum atomic E-state index is -3.77. The van der Waals surface area contributed by atoms with E-state index < -0.39 is 16.0 Å². The first kappa shape index (κ1) is 21.4. The molecule has 0 spiro atoms. The lowest BCUT2D eigenvalue weighted by Gasteiger charge is -2.16. The summed E-state index contributed by atoms with van der Waals surface area (Å²) in [5.41, 5.74) is 1.81. The Hall–Kier alpha value is -1.86. The number of carboxylic acid groups (broad SMARTS) is 1. The van der Waals surface area contributed by atoms with Crippen LogP contribution in [0.25, 0.3) is 0 Å². The summed E-state index contributed by atoms with van der Waals surface area (Å²) in [5, 5.41) is 12.4. The second-order valence-electron chi connectivity index (χ2n) is 6.91. The number of aromatic carboxylic acids is 1. The summed E-state index contributed by atoms with van der Waals surface area (Å²) < 4.78 is 28.0. The zero-order valence-electron chi connectivity index (χ0n) is 16.0. The summed E-state index contributed by atoms with van der Waals surface area (Å²) in [6.45, 7) is 3.02. The zero-order chi connectivity index (χ0) is 19.7. The highest BCUT2D eigenvalue weighted by Crippen LogP contribution is 2.25. The van der Waals surface area contributed by atoms with Crippen LogP contribution in [0.5, 0.6) is 0 Å². The Morgan fingerprint density at radius 2 is 2.00 bits per heavy atom. The fraction of sp³-hybridized carbons (Fsp3) is 0.550. The average Bonchev–Trinajstić information content (AvgIpc) is 2.66. The van der Waals surface area contributed by atoms with Crippen LogP contribution < -0.4 is 10.0 Å². The molecule has 0 amide bonds. The summed E-state index contributed by atoms with van der Waals surface area (Å²) in [4.78, 5) is 11.3. The van der Waals surface area contributed by atoms with Gasteiger partial charge in [-0.05, 0) is 56.7 Å². The molecule has 7 heteroatoms. The summed E-state index contributed by atoms with van der Waals surface area (Å²) in [7, 11) is -3.77. The van der Waals surface area contributed by atoms with Gasteiger partial charge in [0.15, 0.2) is 0 Å². The van der Waals surface area contributed by atoms with Gasteiger partial charge in [0.25, 0.3) is 0 Å². The van der Waals surface area contributed by atoms with Gasteiger partial charge < -0.3 is 10.4 Å². The van der Waals surface area contributed by atoms with E-state index in [0.717, 1.165) is 38.5 Å². The number of hydrogen-bond acceptors (Lipinski definition) is 4. The molecule has 0 heterocycles. The van der Waals surface area contributed by atoms with Gasteiger partial charge in [-0.1, -0.05) is 31.4 Å². The van der Waals surface area contributed by atoms with Gasteiger partial charge in [0, 0.05) is 13.1 Å². The molecule has 150 valence electrons. The molecular weight excluding hydrogens is 364 g/mol. The lowest BCUT2D eigenvalue weighted by atomic mass is 9.97. The summed E-state index contributed by atoms with van der Waals surface area (Å²) in [6.07, 6.45) is 10.5. The molecule has 0 unspecified atom stereocenters. The highest BCUT2D eigenvalue weighted by molar-refractivity contribution is 7.89. The number of benzene rings is 1. The first-order chi connectivity index (χ1) is 12.9. The molecule has 2 rings (SSSR count). The van der Waals surface area contributed by atoms with Crippen molar-refractivity contribution in [2.45, 2.75) is 63.2 Å². The van der Waals surface area contributed by atoms with E-state index in [1.165, 1.54) is 30.5 Å². The Morgan fingerprint density at radius 3 is 2.67 bits per heavy atom.